The number of hydrogen-bond donors (Lipinski definition) is 1. The summed E-state index contributed by atoms with van der Waals surface area (Å²) in [5, 5.41) is 6.94. The maximum Gasteiger partial charge on any atom is 0.255 e. The van der Waals surface area contributed by atoms with Crippen LogP contribution in [0.1, 0.15) is 27.3 Å². The summed E-state index contributed by atoms with van der Waals surface area (Å²) < 4.78 is 48.6. The molecule has 4 rings (SSSR count). The Hall–Kier alpha value is -4.14. The summed E-state index contributed by atoms with van der Waals surface area (Å²) in [6.45, 7) is 3.28. The van der Waals surface area contributed by atoms with Crippen molar-refractivity contribution < 1.29 is 22.7 Å². The second-order valence-corrected chi connectivity index (χ2v) is 7.29. The van der Waals surface area contributed by atoms with Crippen LogP contribution in [-0.2, 0) is 6.54 Å². The molecule has 0 spiro atoms. The summed E-state index contributed by atoms with van der Waals surface area (Å²) in [6, 6.07) is 10.8. The van der Waals surface area contributed by atoms with Crippen LogP contribution >= 0.6 is 0 Å². The quantitative estimate of drug-likeness (QED) is 0.446. The Morgan fingerprint density at radius 2 is 1.88 bits per heavy atom. The van der Waals surface area contributed by atoms with Crippen molar-refractivity contribution in [3.05, 3.63) is 101 Å². The molecule has 1 N–H and O–H groups in total. The van der Waals surface area contributed by atoms with E-state index >= 15 is 0 Å². The summed E-state index contributed by atoms with van der Waals surface area (Å²) in [6.07, 6.45) is 3.05. The molecule has 0 aliphatic heterocycles. The van der Waals surface area contributed by atoms with Gasteiger partial charge in [-0.3, -0.25) is 9.78 Å². The van der Waals surface area contributed by atoms with Crippen molar-refractivity contribution >= 4 is 5.91 Å². The van der Waals surface area contributed by atoms with E-state index in [9.17, 15) is 18.0 Å². The highest BCUT2D eigenvalue weighted by Gasteiger charge is 2.21. The summed E-state index contributed by atoms with van der Waals surface area (Å²) in [4.78, 5) is 16.7. The number of ether oxygens (including phenoxy) is 1. The molecule has 2 heterocycles. The zero-order valence-corrected chi connectivity index (χ0v) is 17.8. The van der Waals surface area contributed by atoms with Gasteiger partial charge in [0.2, 0.25) is 0 Å². The molecule has 9 heteroatoms. The second kappa shape index (κ2) is 9.15. The highest BCUT2D eigenvalue weighted by atomic mass is 19.1. The normalized spacial score (nSPS) is 10.8. The Morgan fingerprint density at radius 3 is 2.58 bits per heavy atom. The number of aryl methyl sites for hydroxylation is 1. The molecule has 0 bridgehead atoms. The Bertz CT molecular complexity index is 1320. The third-order valence-corrected chi connectivity index (χ3v) is 4.97. The largest absolute Gasteiger partial charge is 0.453 e. The molecule has 2 aromatic carbocycles. The van der Waals surface area contributed by atoms with Crippen LogP contribution in [-0.4, -0.2) is 20.7 Å². The highest BCUT2D eigenvalue weighted by molar-refractivity contribution is 5.96. The maximum absolute atomic E-state index is 14.4. The average Bonchev–Trinajstić information content (AvgIpc) is 3.08. The molecule has 6 nitrogen and oxygen atoms in total. The first-order chi connectivity index (χ1) is 15.8. The molecule has 0 aliphatic rings. The van der Waals surface area contributed by atoms with Gasteiger partial charge in [0.05, 0.1) is 23.1 Å². The minimum atomic E-state index is -0.795. The highest BCUT2D eigenvalue weighted by Crippen LogP contribution is 2.25. The van der Waals surface area contributed by atoms with Crippen molar-refractivity contribution in [1.82, 2.24) is 20.1 Å². The van der Waals surface area contributed by atoms with E-state index in [-0.39, 0.29) is 23.5 Å². The van der Waals surface area contributed by atoms with E-state index in [1.807, 2.05) is 0 Å². The fourth-order valence-corrected chi connectivity index (χ4v) is 3.40. The van der Waals surface area contributed by atoms with Crippen molar-refractivity contribution in [2.45, 2.75) is 20.4 Å². The molecule has 0 unspecified atom stereocenters. The van der Waals surface area contributed by atoms with Crippen LogP contribution < -0.4 is 10.1 Å². The monoisotopic (exact) mass is 452 g/mol. The Balaban J connectivity index is 1.48. The molecule has 4 aromatic rings. The van der Waals surface area contributed by atoms with Crippen LogP contribution in [0.3, 0.4) is 0 Å². The lowest BCUT2D eigenvalue weighted by atomic mass is 10.1. The summed E-state index contributed by atoms with van der Waals surface area (Å²) in [7, 11) is 0. The number of rotatable bonds is 6. The van der Waals surface area contributed by atoms with Gasteiger partial charge >= 0.3 is 0 Å². The number of amides is 1. The number of nitrogens with zero attached hydrogens (tertiary/aromatic N) is 3. The van der Waals surface area contributed by atoms with E-state index in [1.54, 1.807) is 38.2 Å². The maximum atomic E-state index is 14.4. The Kier molecular flexibility index (Phi) is 6.12. The number of pyridine rings is 1. The van der Waals surface area contributed by atoms with Gasteiger partial charge in [-0.25, -0.2) is 17.9 Å². The van der Waals surface area contributed by atoms with Gasteiger partial charge < -0.3 is 10.1 Å². The minimum Gasteiger partial charge on any atom is -0.453 e. The number of carbonyl (C=O) groups is 1. The molecule has 0 radical (unpaired) electrons. The van der Waals surface area contributed by atoms with Crippen molar-refractivity contribution in [3.63, 3.8) is 0 Å². The number of carbonyl (C=O) groups excluding carboxylic acids is 1. The predicted octanol–water partition coefficient (Wildman–Crippen LogP) is 5.02. The Morgan fingerprint density at radius 1 is 1.06 bits per heavy atom. The average molecular weight is 452 g/mol. The van der Waals surface area contributed by atoms with Crippen LogP contribution in [0.2, 0.25) is 0 Å². The number of nitrogens with one attached hydrogen (secondary N) is 1. The lowest BCUT2D eigenvalue weighted by Gasteiger charge is -2.10. The molecular weight excluding hydrogens is 433 g/mol. The fourth-order valence-electron chi connectivity index (χ4n) is 3.40. The van der Waals surface area contributed by atoms with Gasteiger partial charge in [-0.2, -0.15) is 5.10 Å². The first-order valence-electron chi connectivity index (χ1n) is 9.99. The third-order valence-electron chi connectivity index (χ3n) is 4.97. The molecule has 0 aliphatic carbocycles. The van der Waals surface area contributed by atoms with E-state index in [0.29, 0.717) is 22.7 Å². The molecule has 168 valence electrons. The molecular formula is C24H19F3N4O2. The number of benzene rings is 2. The lowest BCUT2D eigenvalue weighted by Crippen LogP contribution is -2.24. The van der Waals surface area contributed by atoms with Crippen LogP contribution in [0.5, 0.6) is 11.5 Å². The van der Waals surface area contributed by atoms with E-state index in [2.05, 4.69) is 15.4 Å². The topological polar surface area (TPSA) is 69.0 Å². The first-order valence-corrected chi connectivity index (χ1v) is 9.99. The van der Waals surface area contributed by atoms with Gasteiger partial charge in [0.1, 0.15) is 17.3 Å². The SMILES string of the molecule is Cc1nn(-c2ccc(F)cc2F)c(C)c1C(=O)NCc1ccc(Oc2cccnc2)c(F)c1. The van der Waals surface area contributed by atoms with Gasteiger partial charge in [0.15, 0.2) is 17.4 Å². The van der Waals surface area contributed by atoms with Gasteiger partial charge in [0, 0.05) is 18.8 Å². The van der Waals surface area contributed by atoms with E-state index in [0.717, 1.165) is 12.1 Å². The van der Waals surface area contributed by atoms with E-state index < -0.39 is 23.4 Å². The Labute approximate surface area is 187 Å². The number of hydrogen-bond acceptors (Lipinski definition) is 4. The number of aromatic nitrogens is 3. The standard InChI is InChI=1S/C24H19F3N4O2/c1-14-23(15(2)31(30-14)21-7-6-17(25)11-19(21)26)24(32)29-12-16-5-8-22(20(27)10-16)33-18-4-3-9-28-13-18/h3-11,13H,12H2,1-2H3,(H,29,32). The summed E-state index contributed by atoms with van der Waals surface area (Å²) in [5.41, 5.74) is 1.58. The zero-order valence-electron chi connectivity index (χ0n) is 17.8. The van der Waals surface area contributed by atoms with Gasteiger partial charge in [0.25, 0.3) is 5.91 Å². The molecule has 0 fully saturated rings. The molecule has 33 heavy (non-hydrogen) atoms. The number of halogens is 3. The van der Waals surface area contributed by atoms with Gasteiger partial charge in [-0.05, 0) is 55.8 Å². The van der Waals surface area contributed by atoms with E-state index in [1.165, 1.54) is 29.1 Å². The molecule has 0 saturated carbocycles. The third kappa shape index (κ3) is 4.72. The molecule has 1 amide bonds. The minimum absolute atomic E-state index is 0.0299. The van der Waals surface area contributed by atoms with Crippen LogP contribution in [0, 0.1) is 31.3 Å². The molecule has 0 saturated heterocycles. The molecule has 2 aromatic heterocycles. The van der Waals surface area contributed by atoms with E-state index in [4.69, 9.17) is 4.74 Å². The summed E-state index contributed by atoms with van der Waals surface area (Å²) >= 11 is 0. The predicted molar refractivity (Wildman–Crippen MR) is 115 cm³/mol. The summed E-state index contributed by atoms with van der Waals surface area (Å²) in [5.74, 6) is -2.10. The second-order valence-electron chi connectivity index (χ2n) is 7.29. The van der Waals surface area contributed by atoms with Crippen LogP contribution in [0.4, 0.5) is 13.2 Å². The van der Waals surface area contributed by atoms with Crippen molar-refractivity contribution in [2.24, 2.45) is 0 Å². The van der Waals surface area contributed by atoms with Crippen LogP contribution in [0.15, 0.2) is 60.9 Å². The first kappa shape index (κ1) is 22.1. The van der Waals surface area contributed by atoms with Gasteiger partial charge in [-0.15, -0.1) is 0 Å². The smallest absolute Gasteiger partial charge is 0.255 e. The fraction of sp³-hybridized carbons (Fsp3) is 0.125. The van der Waals surface area contributed by atoms with Gasteiger partial charge in [-0.1, -0.05) is 6.07 Å². The zero-order chi connectivity index (χ0) is 23.5. The van der Waals surface area contributed by atoms with Crippen molar-refractivity contribution in [1.29, 1.82) is 0 Å². The van der Waals surface area contributed by atoms with Crippen LogP contribution in [0.25, 0.3) is 5.69 Å². The van der Waals surface area contributed by atoms with Crippen molar-refractivity contribution in [3.8, 4) is 17.2 Å². The molecule has 0 atom stereocenters. The van der Waals surface area contributed by atoms with Crippen molar-refractivity contribution in [2.75, 3.05) is 0 Å². The lowest BCUT2D eigenvalue weighted by molar-refractivity contribution is 0.0949.